The first-order valence-electron chi connectivity index (χ1n) is 9.09. The number of nitrogens with one attached hydrogen (secondary N) is 1. The zero-order valence-corrected chi connectivity index (χ0v) is 16.9. The van der Waals surface area contributed by atoms with Crippen LogP contribution in [-0.2, 0) is 11.3 Å². The van der Waals surface area contributed by atoms with Crippen molar-refractivity contribution in [2.45, 2.75) is 26.8 Å². The molecule has 0 aliphatic carbocycles. The number of amides is 1. The number of carbonyl (C=O) groups excluding carboxylic acids is 1. The molecular weight excluding hydrogens is 414 g/mol. The minimum absolute atomic E-state index is 0.190. The van der Waals surface area contributed by atoms with Crippen LogP contribution in [0.15, 0.2) is 47.1 Å². The maximum atomic E-state index is 13.8. The maximum absolute atomic E-state index is 13.8. The first-order chi connectivity index (χ1) is 14.3. The SMILES string of the molecule is Cc1ccc(Cl)cc1NC(=O)Cn1nc(C)c2c(C(F)F)cc(-c3ccco3)nc21. The third kappa shape index (κ3) is 3.78. The van der Waals surface area contributed by atoms with Gasteiger partial charge >= 0.3 is 0 Å². The first kappa shape index (κ1) is 20.0. The van der Waals surface area contributed by atoms with Gasteiger partial charge in [0.1, 0.15) is 12.2 Å². The Morgan fingerprint density at radius 3 is 2.77 bits per heavy atom. The summed E-state index contributed by atoms with van der Waals surface area (Å²) in [6.45, 7) is 3.25. The van der Waals surface area contributed by atoms with E-state index in [0.717, 1.165) is 5.56 Å². The highest BCUT2D eigenvalue weighted by atomic mass is 35.5. The van der Waals surface area contributed by atoms with Crippen molar-refractivity contribution in [3.63, 3.8) is 0 Å². The lowest BCUT2D eigenvalue weighted by Gasteiger charge is -2.10. The molecule has 0 radical (unpaired) electrons. The molecule has 0 spiro atoms. The Hall–Kier alpha value is -3.26. The molecule has 0 fully saturated rings. The second kappa shape index (κ2) is 7.87. The average Bonchev–Trinajstić information content (AvgIpc) is 3.33. The molecule has 1 N–H and O–H groups in total. The lowest BCUT2D eigenvalue weighted by molar-refractivity contribution is -0.116. The van der Waals surface area contributed by atoms with E-state index in [1.54, 1.807) is 37.3 Å². The summed E-state index contributed by atoms with van der Waals surface area (Å²) in [6.07, 6.45) is -1.30. The van der Waals surface area contributed by atoms with Gasteiger partial charge in [0.2, 0.25) is 5.91 Å². The molecule has 1 amide bonds. The molecule has 4 aromatic rings. The van der Waals surface area contributed by atoms with Gasteiger partial charge in [0.25, 0.3) is 6.43 Å². The van der Waals surface area contributed by atoms with Crippen molar-refractivity contribution < 1.29 is 18.0 Å². The largest absolute Gasteiger partial charge is 0.463 e. The van der Waals surface area contributed by atoms with Crippen LogP contribution in [0.2, 0.25) is 5.02 Å². The number of carbonyl (C=O) groups is 1. The van der Waals surface area contributed by atoms with Crippen LogP contribution in [0.3, 0.4) is 0 Å². The van der Waals surface area contributed by atoms with Crippen LogP contribution in [0.1, 0.15) is 23.2 Å². The van der Waals surface area contributed by atoms with Crippen molar-refractivity contribution in [2.75, 3.05) is 5.32 Å². The van der Waals surface area contributed by atoms with E-state index in [0.29, 0.717) is 22.2 Å². The van der Waals surface area contributed by atoms with Gasteiger partial charge in [0, 0.05) is 16.3 Å². The zero-order valence-electron chi connectivity index (χ0n) is 16.1. The van der Waals surface area contributed by atoms with Gasteiger partial charge < -0.3 is 9.73 Å². The van der Waals surface area contributed by atoms with Crippen molar-refractivity contribution in [1.82, 2.24) is 14.8 Å². The minimum Gasteiger partial charge on any atom is -0.463 e. The second-order valence-corrected chi connectivity index (χ2v) is 7.26. The van der Waals surface area contributed by atoms with Crippen LogP contribution in [0.5, 0.6) is 0 Å². The molecule has 0 aliphatic rings. The molecule has 0 unspecified atom stereocenters. The van der Waals surface area contributed by atoms with Crippen LogP contribution in [0, 0.1) is 13.8 Å². The van der Waals surface area contributed by atoms with Gasteiger partial charge in [-0.25, -0.2) is 18.4 Å². The molecule has 6 nitrogen and oxygen atoms in total. The standard InChI is InChI=1S/C21H17ClF2N4O2/c1-11-5-6-13(22)8-15(11)25-18(29)10-28-21-19(12(2)27-28)14(20(23)24)9-16(26-21)17-4-3-7-30-17/h3-9,20H,10H2,1-2H3,(H,25,29). The van der Waals surface area contributed by atoms with E-state index in [4.69, 9.17) is 16.0 Å². The Morgan fingerprint density at radius 2 is 2.07 bits per heavy atom. The molecule has 0 aliphatic heterocycles. The number of anilines is 1. The van der Waals surface area contributed by atoms with Crippen LogP contribution >= 0.6 is 11.6 Å². The third-order valence-corrected chi connectivity index (χ3v) is 4.92. The van der Waals surface area contributed by atoms with E-state index < -0.39 is 6.43 Å². The second-order valence-electron chi connectivity index (χ2n) is 6.82. The van der Waals surface area contributed by atoms with Crippen molar-refractivity contribution in [3.05, 3.63) is 64.5 Å². The number of aryl methyl sites for hydroxylation is 2. The van der Waals surface area contributed by atoms with Gasteiger partial charge in [-0.3, -0.25) is 4.79 Å². The number of furan rings is 1. The van der Waals surface area contributed by atoms with E-state index in [1.807, 2.05) is 6.92 Å². The molecule has 154 valence electrons. The summed E-state index contributed by atoms with van der Waals surface area (Å²) in [7, 11) is 0. The molecule has 4 rings (SSSR count). The number of hydrogen-bond acceptors (Lipinski definition) is 4. The number of hydrogen-bond donors (Lipinski definition) is 1. The normalized spacial score (nSPS) is 11.4. The van der Waals surface area contributed by atoms with Gasteiger partial charge in [-0.1, -0.05) is 17.7 Å². The Balaban J connectivity index is 1.74. The Bertz CT molecular complexity index is 1240. The molecule has 0 atom stereocenters. The summed E-state index contributed by atoms with van der Waals surface area (Å²) in [5.74, 6) is -0.0308. The van der Waals surface area contributed by atoms with E-state index in [-0.39, 0.29) is 34.7 Å². The molecule has 0 bridgehead atoms. The molecule has 1 aromatic carbocycles. The highest BCUT2D eigenvalue weighted by Crippen LogP contribution is 2.33. The van der Waals surface area contributed by atoms with Gasteiger partial charge in [0.05, 0.1) is 17.3 Å². The van der Waals surface area contributed by atoms with E-state index in [1.165, 1.54) is 17.0 Å². The predicted octanol–water partition coefficient (Wildman–Crippen LogP) is 5.54. The van der Waals surface area contributed by atoms with E-state index >= 15 is 0 Å². The van der Waals surface area contributed by atoms with Crippen molar-refractivity contribution >= 4 is 34.2 Å². The summed E-state index contributed by atoms with van der Waals surface area (Å²) >= 11 is 6.00. The summed E-state index contributed by atoms with van der Waals surface area (Å²) in [5.41, 5.74) is 2.00. The number of fused-ring (bicyclic) bond motifs is 1. The highest BCUT2D eigenvalue weighted by molar-refractivity contribution is 6.31. The monoisotopic (exact) mass is 430 g/mol. The van der Waals surface area contributed by atoms with Crippen LogP contribution in [0.4, 0.5) is 14.5 Å². The molecule has 3 heterocycles. The number of alkyl halides is 2. The Kier molecular flexibility index (Phi) is 5.26. The smallest absolute Gasteiger partial charge is 0.264 e. The van der Waals surface area contributed by atoms with Crippen molar-refractivity contribution in [2.24, 2.45) is 0 Å². The molecule has 0 saturated carbocycles. The lowest BCUT2D eigenvalue weighted by Crippen LogP contribution is -2.20. The highest BCUT2D eigenvalue weighted by Gasteiger charge is 2.22. The fourth-order valence-corrected chi connectivity index (χ4v) is 3.45. The topological polar surface area (TPSA) is 73.0 Å². The van der Waals surface area contributed by atoms with E-state index in [2.05, 4.69) is 15.4 Å². The van der Waals surface area contributed by atoms with Gasteiger partial charge in [-0.2, -0.15) is 5.10 Å². The van der Waals surface area contributed by atoms with E-state index in [9.17, 15) is 13.6 Å². The number of benzene rings is 1. The number of nitrogens with zero attached hydrogens (tertiary/aromatic N) is 3. The molecule has 30 heavy (non-hydrogen) atoms. The molecule has 9 heteroatoms. The molecule has 3 aromatic heterocycles. The van der Waals surface area contributed by atoms with Gasteiger partial charge in [-0.05, 0) is 49.7 Å². The number of rotatable bonds is 5. The lowest BCUT2D eigenvalue weighted by atomic mass is 10.1. The van der Waals surface area contributed by atoms with Crippen LogP contribution in [-0.4, -0.2) is 20.7 Å². The van der Waals surface area contributed by atoms with Crippen LogP contribution in [0.25, 0.3) is 22.5 Å². The predicted molar refractivity (Wildman–Crippen MR) is 110 cm³/mol. The summed E-state index contributed by atoms with van der Waals surface area (Å²) < 4.78 is 34.1. The van der Waals surface area contributed by atoms with Gasteiger partial charge in [0.15, 0.2) is 11.4 Å². The average molecular weight is 431 g/mol. The summed E-state index contributed by atoms with van der Waals surface area (Å²) in [6, 6.07) is 9.72. The maximum Gasteiger partial charge on any atom is 0.264 e. The minimum atomic E-state index is -2.73. The summed E-state index contributed by atoms with van der Waals surface area (Å²) in [4.78, 5) is 17.1. The Morgan fingerprint density at radius 1 is 1.27 bits per heavy atom. The summed E-state index contributed by atoms with van der Waals surface area (Å²) in [5, 5.41) is 7.77. The Labute approximate surface area is 175 Å². The number of pyridine rings is 1. The molecular formula is C21H17ClF2N4O2. The fraction of sp³-hybridized carbons (Fsp3) is 0.190. The molecule has 0 saturated heterocycles. The van der Waals surface area contributed by atoms with Crippen molar-refractivity contribution in [3.8, 4) is 11.5 Å². The number of halogens is 3. The third-order valence-electron chi connectivity index (χ3n) is 4.68. The first-order valence-corrected chi connectivity index (χ1v) is 9.47. The van der Waals surface area contributed by atoms with Crippen LogP contribution < -0.4 is 5.32 Å². The van der Waals surface area contributed by atoms with Crippen molar-refractivity contribution in [1.29, 1.82) is 0 Å². The quantitative estimate of drug-likeness (QED) is 0.451. The fourth-order valence-electron chi connectivity index (χ4n) is 3.27. The van der Waals surface area contributed by atoms with Gasteiger partial charge in [-0.15, -0.1) is 0 Å². The number of aromatic nitrogens is 3. The zero-order chi connectivity index (χ0) is 21.4.